The van der Waals surface area contributed by atoms with Gasteiger partial charge in [-0.05, 0) is 33.1 Å². The molecular weight excluding hydrogens is 310 g/mol. The molecule has 0 aliphatic carbocycles. The van der Waals surface area contributed by atoms with E-state index in [4.69, 9.17) is 0 Å². The molecule has 1 aliphatic heterocycles. The van der Waals surface area contributed by atoms with Crippen LogP contribution in [0.25, 0.3) is 0 Å². The second kappa shape index (κ2) is 6.70. The summed E-state index contributed by atoms with van der Waals surface area (Å²) in [5.41, 5.74) is 3.21. The number of thiazole rings is 1. The number of rotatable bonds is 4. The lowest BCUT2D eigenvalue weighted by atomic mass is 10.0. The molecule has 0 spiro atoms. The van der Waals surface area contributed by atoms with Crippen molar-refractivity contribution in [3.8, 4) is 0 Å². The summed E-state index contributed by atoms with van der Waals surface area (Å²) in [6.45, 7) is 6.87. The molecule has 1 fully saturated rings. The lowest BCUT2D eigenvalue weighted by Gasteiger charge is -2.27. The molecule has 2 aromatic heterocycles. The molecule has 2 aromatic rings. The first kappa shape index (κ1) is 16.0. The fraction of sp³-hybridized carbons (Fsp3) is 0.562. The largest absolute Gasteiger partial charge is 0.329 e. The average molecular weight is 333 g/mol. The molecule has 2 atom stereocenters. The van der Waals surface area contributed by atoms with Crippen molar-refractivity contribution in [1.29, 1.82) is 0 Å². The fourth-order valence-corrected chi connectivity index (χ4v) is 4.11. The molecule has 0 bridgehead atoms. The van der Waals surface area contributed by atoms with Gasteiger partial charge in [-0.2, -0.15) is 5.10 Å². The minimum atomic E-state index is -0.0182. The Morgan fingerprint density at radius 3 is 3.00 bits per heavy atom. The highest BCUT2D eigenvalue weighted by Gasteiger charge is 2.33. The van der Waals surface area contributed by atoms with Gasteiger partial charge in [-0.3, -0.25) is 5.10 Å². The van der Waals surface area contributed by atoms with Crippen LogP contribution >= 0.6 is 11.3 Å². The van der Waals surface area contributed by atoms with Crippen LogP contribution in [0, 0.1) is 13.8 Å². The molecule has 2 amide bonds. The number of urea groups is 1. The van der Waals surface area contributed by atoms with Crippen molar-refractivity contribution in [2.75, 3.05) is 6.54 Å². The Bertz CT molecular complexity index is 647. The summed E-state index contributed by atoms with van der Waals surface area (Å²) in [5, 5.41) is 13.4. The lowest BCUT2D eigenvalue weighted by molar-refractivity contribution is 0.188. The number of amides is 2. The van der Waals surface area contributed by atoms with E-state index in [2.05, 4.69) is 27.4 Å². The van der Waals surface area contributed by atoms with Gasteiger partial charge in [-0.15, -0.1) is 11.3 Å². The molecule has 1 aliphatic rings. The number of hydrogen-bond donors (Lipinski definition) is 2. The first-order chi connectivity index (χ1) is 11.1. The van der Waals surface area contributed by atoms with Crippen molar-refractivity contribution < 1.29 is 4.79 Å². The van der Waals surface area contributed by atoms with E-state index in [9.17, 15) is 4.79 Å². The normalized spacial score (nSPS) is 19.1. The maximum atomic E-state index is 12.8. The maximum absolute atomic E-state index is 12.8. The third-order valence-corrected chi connectivity index (χ3v) is 5.38. The third-order valence-electron chi connectivity index (χ3n) is 4.49. The molecule has 0 radical (unpaired) electrons. The highest BCUT2D eigenvalue weighted by atomic mass is 32.1. The van der Waals surface area contributed by atoms with Crippen LogP contribution in [0.5, 0.6) is 0 Å². The predicted molar refractivity (Wildman–Crippen MR) is 90.4 cm³/mol. The number of nitrogens with zero attached hydrogens (tertiary/aromatic N) is 3. The molecule has 0 saturated carbocycles. The lowest BCUT2D eigenvalue weighted by Crippen LogP contribution is -2.41. The Hall–Kier alpha value is -1.89. The summed E-state index contributed by atoms with van der Waals surface area (Å²) in [6, 6.07) is 0.0902. The molecule has 7 heteroatoms. The highest BCUT2D eigenvalue weighted by molar-refractivity contribution is 7.09. The zero-order chi connectivity index (χ0) is 16.4. The number of aromatic nitrogens is 3. The first-order valence-corrected chi connectivity index (χ1v) is 8.97. The Kier molecular flexibility index (Phi) is 4.66. The van der Waals surface area contributed by atoms with Crippen LogP contribution in [-0.2, 0) is 0 Å². The SMILES string of the molecule is CC[C@@H](NC(=O)N1CCC[C@@H]1c1c(C)n[nH]c1C)c1nccs1. The second-order valence-electron chi connectivity index (χ2n) is 5.98. The molecule has 0 aromatic carbocycles. The minimum Gasteiger partial charge on any atom is -0.329 e. The van der Waals surface area contributed by atoms with Gasteiger partial charge >= 0.3 is 6.03 Å². The molecule has 3 heterocycles. The van der Waals surface area contributed by atoms with Crippen molar-refractivity contribution in [2.45, 2.75) is 52.1 Å². The zero-order valence-corrected chi connectivity index (χ0v) is 14.6. The molecule has 124 valence electrons. The van der Waals surface area contributed by atoms with E-state index in [0.717, 1.165) is 42.2 Å². The second-order valence-corrected chi connectivity index (χ2v) is 6.91. The quantitative estimate of drug-likeness (QED) is 0.899. The van der Waals surface area contributed by atoms with Crippen LogP contribution < -0.4 is 5.32 Å². The number of aryl methyl sites for hydroxylation is 2. The first-order valence-electron chi connectivity index (χ1n) is 8.09. The summed E-state index contributed by atoms with van der Waals surface area (Å²) in [6.07, 6.45) is 4.63. The van der Waals surface area contributed by atoms with Gasteiger partial charge in [0.05, 0.1) is 17.8 Å². The van der Waals surface area contributed by atoms with Crippen LogP contribution in [0.3, 0.4) is 0 Å². The van der Waals surface area contributed by atoms with E-state index < -0.39 is 0 Å². The van der Waals surface area contributed by atoms with E-state index in [0.29, 0.717) is 0 Å². The van der Waals surface area contributed by atoms with E-state index in [-0.39, 0.29) is 18.1 Å². The van der Waals surface area contributed by atoms with Crippen LogP contribution in [-0.4, -0.2) is 32.7 Å². The highest BCUT2D eigenvalue weighted by Crippen LogP contribution is 2.35. The molecule has 6 nitrogen and oxygen atoms in total. The number of carbonyl (C=O) groups excluding carboxylic acids is 1. The summed E-state index contributed by atoms with van der Waals surface area (Å²) < 4.78 is 0. The van der Waals surface area contributed by atoms with E-state index in [1.807, 2.05) is 24.1 Å². The summed E-state index contributed by atoms with van der Waals surface area (Å²) in [5.74, 6) is 0. The third kappa shape index (κ3) is 3.10. The van der Waals surface area contributed by atoms with Crippen molar-refractivity contribution >= 4 is 17.4 Å². The number of hydrogen-bond acceptors (Lipinski definition) is 4. The van der Waals surface area contributed by atoms with Crippen LogP contribution in [0.15, 0.2) is 11.6 Å². The fourth-order valence-electron chi connectivity index (χ4n) is 3.34. The zero-order valence-electron chi connectivity index (χ0n) is 13.8. The van der Waals surface area contributed by atoms with E-state index >= 15 is 0 Å². The standard InChI is InChI=1S/C16H23N5OS/c1-4-12(15-17-7-9-23-15)18-16(22)21-8-5-6-13(21)14-10(2)19-20-11(14)3/h7,9,12-13H,4-6,8H2,1-3H3,(H,18,22)(H,19,20)/t12-,13-/m1/s1. The molecule has 23 heavy (non-hydrogen) atoms. The van der Waals surface area contributed by atoms with Crippen molar-refractivity contribution in [2.24, 2.45) is 0 Å². The van der Waals surface area contributed by atoms with E-state index in [1.165, 1.54) is 5.56 Å². The molecule has 1 saturated heterocycles. The van der Waals surface area contributed by atoms with E-state index in [1.54, 1.807) is 17.5 Å². The van der Waals surface area contributed by atoms with Crippen LogP contribution in [0.1, 0.15) is 60.2 Å². The Morgan fingerprint density at radius 1 is 1.57 bits per heavy atom. The Balaban J connectivity index is 1.76. The van der Waals surface area contributed by atoms with Gasteiger partial charge in [0, 0.05) is 29.4 Å². The summed E-state index contributed by atoms with van der Waals surface area (Å²) in [7, 11) is 0. The number of nitrogens with one attached hydrogen (secondary N) is 2. The number of aromatic amines is 1. The smallest absolute Gasteiger partial charge is 0.318 e. The number of carbonyl (C=O) groups is 1. The maximum Gasteiger partial charge on any atom is 0.318 e. The summed E-state index contributed by atoms with van der Waals surface area (Å²) in [4.78, 5) is 19.1. The van der Waals surface area contributed by atoms with Gasteiger partial charge in [0.25, 0.3) is 0 Å². The molecule has 0 unspecified atom stereocenters. The van der Waals surface area contributed by atoms with Gasteiger partial charge in [-0.1, -0.05) is 6.92 Å². The average Bonchev–Trinajstić information content (AvgIpc) is 3.26. The van der Waals surface area contributed by atoms with Gasteiger partial charge in [-0.25, -0.2) is 9.78 Å². The van der Waals surface area contributed by atoms with Crippen LogP contribution in [0.2, 0.25) is 0 Å². The van der Waals surface area contributed by atoms with Crippen molar-refractivity contribution in [3.05, 3.63) is 33.5 Å². The number of H-pyrrole nitrogens is 1. The Labute approximate surface area is 140 Å². The topological polar surface area (TPSA) is 73.9 Å². The van der Waals surface area contributed by atoms with Crippen molar-refractivity contribution in [1.82, 2.24) is 25.4 Å². The Morgan fingerprint density at radius 2 is 2.39 bits per heavy atom. The van der Waals surface area contributed by atoms with Gasteiger partial charge in [0.15, 0.2) is 0 Å². The molecular formula is C16H23N5OS. The predicted octanol–water partition coefficient (Wildman–Crippen LogP) is 3.48. The molecule has 2 N–H and O–H groups in total. The van der Waals surface area contributed by atoms with Gasteiger partial charge < -0.3 is 10.2 Å². The van der Waals surface area contributed by atoms with Crippen molar-refractivity contribution in [3.63, 3.8) is 0 Å². The minimum absolute atomic E-state index is 0.00505. The summed E-state index contributed by atoms with van der Waals surface area (Å²) >= 11 is 1.58. The van der Waals surface area contributed by atoms with Gasteiger partial charge in [0.2, 0.25) is 0 Å². The van der Waals surface area contributed by atoms with Crippen LogP contribution in [0.4, 0.5) is 4.79 Å². The molecule has 3 rings (SSSR count). The number of likely N-dealkylation sites (tertiary alicyclic amines) is 1. The van der Waals surface area contributed by atoms with Gasteiger partial charge in [0.1, 0.15) is 5.01 Å². The monoisotopic (exact) mass is 333 g/mol.